The summed E-state index contributed by atoms with van der Waals surface area (Å²) in [6.07, 6.45) is 0.497. The van der Waals surface area contributed by atoms with Crippen LogP contribution in [-0.2, 0) is 4.74 Å². The zero-order chi connectivity index (χ0) is 7.99. The molecule has 1 nitrogen and oxygen atoms in total. The third kappa shape index (κ3) is 1.01. The number of hydrogen-bond acceptors (Lipinski definition) is 1. The molecule has 58 valence electrons. The van der Waals surface area contributed by atoms with Gasteiger partial charge in [-0.05, 0) is 0 Å². The monoisotopic (exact) mass is 200 g/mol. The summed E-state index contributed by atoms with van der Waals surface area (Å²) in [5.74, 6) is 0.430. The van der Waals surface area contributed by atoms with Crippen molar-refractivity contribution in [3.63, 3.8) is 0 Å². The van der Waals surface area contributed by atoms with E-state index in [1.165, 1.54) is 7.11 Å². The lowest BCUT2D eigenvalue weighted by molar-refractivity contribution is 0.277. The van der Waals surface area contributed by atoms with Crippen molar-refractivity contribution >= 4 is 34.8 Å². The molecule has 0 bridgehead atoms. The zero-order valence-electron chi connectivity index (χ0n) is 5.46. The molecule has 1 atom stereocenters. The Labute approximate surface area is 74.9 Å². The summed E-state index contributed by atoms with van der Waals surface area (Å²) >= 11 is 17.3. The highest BCUT2D eigenvalue weighted by Crippen LogP contribution is 2.64. The van der Waals surface area contributed by atoms with Gasteiger partial charge in [0, 0.05) is 6.42 Å². The summed E-state index contributed by atoms with van der Waals surface area (Å²) in [4.78, 5) is -0.759. The molecule has 1 saturated carbocycles. The molecule has 0 aromatic rings. The van der Waals surface area contributed by atoms with E-state index < -0.39 is 9.21 Å². The lowest BCUT2D eigenvalue weighted by Gasteiger charge is -2.10. The van der Waals surface area contributed by atoms with Gasteiger partial charge in [-0.1, -0.05) is 29.8 Å². The third-order valence-corrected chi connectivity index (χ3v) is 3.38. The van der Waals surface area contributed by atoms with Crippen molar-refractivity contribution in [1.29, 1.82) is 0 Å². The van der Waals surface area contributed by atoms with Crippen molar-refractivity contribution in [3.05, 3.63) is 12.3 Å². The molecule has 0 aromatic carbocycles. The van der Waals surface area contributed by atoms with Gasteiger partial charge in [-0.25, -0.2) is 0 Å². The molecular weight excluding hydrogens is 194 g/mol. The van der Waals surface area contributed by atoms with Gasteiger partial charge >= 0.3 is 0 Å². The van der Waals surface area contributed by atoms with E-state index in [0.717, 1.165) is 0 Å². The number of hydrogen-bond donors (Lipinski definition) is 0. The summed E-state index contributed by atoms with van der Waals surface area (Å²) in [6.45, 7) is 3.58. The van der Waals surface area contributed by atoms with Crippen LogP contribution in [-0.4, -0.2) is 16.3 Å². The highest BCUT2D eigenvalue weighted by molar-refractivity contribution is 6.58. The molecule has 0 N–H and O–H groups in total. The maximum Gasteiger partial charge on any atom is 0.146 e. The number of allylic oxidation sites excluding steroid dienone is 1. The van der Waals surface area contributed by atoms with Gasteiger partial charge in [0.25, 0.3) is 0 Å². The Bertz CT molecular complexity index is 178. The van der Waals surface area contributed by atoms with Gasteiger partial charge in [0.05, 0.1) is 7.11 Å². The van der Waals surface area contributed by atoms with E-state index >= 15 is 0 Å². The minimum atomic E-state index is -0.887. The fourth-order valence-electron chi connectivity index (χ4n) is 0.726. The van der Waals surface area contributed by atoms with Crippen molar-refractivity contribution in [2.45, 2.75) is 15.6 Å². The maximum absolute atomic E-state index is 5.90. The molecule has 0 amide bonds. The Kier molecular flexibility index (Phi) is 1.87. The van der Waals surface area contributed by atoms with Crippen LogP contribution in [0.2, 0.25) is 0 Å². The Morgan fingerprint density at radius 1 is 1.50 bits per heavy atom. The molecule has 1 rings (SSSR count). The summed E-state index contributed by atoms with van der Waals surface area (Å²) in [6, 6.07) is 0. The Hall–Kier alpha value is 0.410. The Morgan fingerprint density at radius 2 is 1.90 bits per heavy atom. The predicted octanol–water partition coefficient (Wildman–Crippen LogP) is 2.70. The quantitative estimate of drug-likeness (QED) is 0.493. The van der Waals surface area contributed by atoms with Crippen LogP contribution >= 0.6 is 34.8 Å². The molecule has 0 aliphatic heterocycles. The highest BCUT2D eigenvalue weighted by atomic mass is 35.5. The molecule has 0 heterocycles. The van der Waals surface area contributed by atoms with Crippen LogP contribution in [0.3, 0.4) is 0 Å². The average Bonchev–Trinajstić information content (AvgIpc) is 2.32. The van der Waals surface area contributed by atoms with Crippen LogP contribution in [0.1, 0.15) is 6.42 Å². The predicted molar refractivity (Wildman–Crippen MR) is 43.8 cm³/mol. The van der Waals surface area contributed by atoms with Gasteiger partial charge in [0.2, 0.25) is 0 Å². The zero-order valence-corrected chi connectivity index (χ0v) is 7.72. The highest BCUT2D eigenvalue weighted by Gasteiger charge is 2.68. The standard InChI is InChI=1S/C6H7Cl3O/c1-4(10-2)5(7)3-6(5,8)9/h1,3H2,2H3. The second-order valence-electron chi connectivity index (χ2n) is 2.31. The largest absolute Gasteiger partial charge is 0.500 e. The lowest BCUT2D eigenvalue weighted by atomic mass is 10.3. The van der Waals surface area contributed by atoms with Crippen LogP contribution in [0.4, 0.5) is 0 Å². The SMILES string of the molecule is C=C(OC)C1(Cl)CC1(Cl)Cl. The topological polar surface area (TPSA) is 9.23 Å². The molecule has 0 spiro atoms. The minimum Gasteiger partial charge on any atom is -0.500 e. The molecule has 1 unspecified atom stereocenters. The van der Waals surface area contributed by atoms with Crippen molar-refractivity contribution < 1.29 is 4.74 Å². The van der Waals surface area contributed by atoms with E-state index in [4.69, 9.17) is 39.5 Å². The molecular formula is C6H7Cl3O. The first kappa shape index (κ1) is 8.51. The van der Waals surface area contributed by atoms with E-state index in [1.807, 2.05) is 0 Å². The number of rotatable bonds is 2. The molecule has 1 aliphatic rings. The van der Waals surface area contributed by atoms with Gasteiger partial charge in [-0.2, -0.15) is 0 Å². The van der Waals surface area contributed by atoms with Gasteiger partial charge < -0.3 is 4.74 Å². The van der Waals surface area contributed by atoms with Gasteiger partial charge in [-0.3, -0.25) is 0 Å². The average molecular weight is 201 g/mol. The fourth-order valence-corrected chi connectivity index (χ4v) is 1.75. The second kappa shape index (κ2) is 2.20. The van der Waals surface area contributed by atoms with Crippen LogP contribution in [0.5, 0.6) is 0 Å². The smallest absolute Gasteiger partial charge is 0.146 e. The Balaban J connectivity index is 2.68. The summed E-state index contributed by atoms with van der Waals surface area (Å²) in [5.41, 5.74) is 0. The maximum atomic E-state index is 5.90. The summed E-state index contributed by atoms with van der Waals surface area (Å²) in [7, 11) is 1.49. The van der Waals surface area contributed by atoms with Gasteiger partial charge in [-0.15, -0.1) is 11.6 Å². The van der Waals surface area contributed by atoms with Crippen molar-refractivity contribution in [2.24, 2.45) is 0 Å². The van der Waals surface area contributed by atoms with Crippen molar-refractivity contribution in [2.75, 3.05) is 7.11 Å². The minimum absolute atomic E-state index is 0.430. The third-order valence-electron chi connectivity index (χ3n) is 1.61. The van der Waals surface area contributed by atoms with E-state index in [1.54, 1.807) is 0 Å². The van der Waals surface area contributed by atoms with E-state index in [0.29, 0.717) is 12.2 Å². The molecule has 0 saturated heterocycles. The first-order valence-electron chi connectivity index (χ1n) is 2.74. The molecule has 4 heteroatoms. The van der Waals surface area contributed by atoms with Crippen LogP contribution in [0, 0.1) is 0 Å². The molecule has 0 aromatic heterocycles. The number of methoxy groups -OCH3 is 1. The fraction of sp³-hybridized carbons (Fsp3) is 0.667. The van der Waals surface area contributed by atoms with Crippen LogP contribution < -0.4 is 0 Å². The van der Waals surface area contributed by atoms with Gasteiger partial charge in [0.1, 0.15) is 15.0 Å². The first-order chi connectivity index (χ1) is 4.44. The van der Waals surface area contributed by atoms with Crippen molar-refractivity contribution in [1.82, 2.24) is 0 Å². The molecule has 0 radical (unpaired) electrons. The van der Waals surface area contributed by atoms with Gasteiger partial charge in [0.15, 0.2) is 0 Å². The molecule has 10 heavy (non-hydrogen) atoms. The number of halogens is 3. The van der Waals surface area contributed by atoms with E-state index in [9.17, 15) is 0 Å². The second-order valence-corrected chi connectivity index (χ2v) is 4.44. The van der Waals surface area contributed by atoms with Crippen LogP contribution in [0.25, 0.3) is 0 Å². The first-order valence-corrected chi connectivity index (χ1v) is 3.87. The van der Waals surface area contributed by atoms with Crippen molar-refractivity contribution in [3.8, 4) is 0 Å². The molecule has 1 aliphatic carbocycles. The number of alkyl halides is 3. The summed E-state index contributed by atoms with van der Waals surface area (Å²) < 4.78 is 3.93. The van der Waals surface area contributed by atoms with E-state index in [2.05, 4.69) is 6.58 Å². The normalized spacial score (nSPS) is 35.2. The number of ether oxygens (including phenoxy) is 1. The summed E-state index contributed by atoms with van der Waals surface area (Å²) in [5, 5.41) is 0. The van der Waals surface area contributed by atoms with Crippen LogP contribution in [0.15, 0.2) is 12.3 Å². The van der Waals surface area contributed by atoms with E-state index in [-0.39, 0.29) is 0 Å². The lowest BCUT2D eigenvalue weighted by Crippen LogP contribution is -2.12. The molecule has 1 fully saturated rings. The Morgan fingerprint density at radius 3 is 2.00 bits per heavy atom.